The third kappa shape index (κ3) is 2.93. The van der Waals surface area contributed by atoms with Crippen molar-refractivity contribution in [2.75, 3.05) is 5.32 Å². The fourth-order valence-electron chi connectivity index (χ4n) is 3.36. The van der Waals surface area contributed by atoms with E-state index in [2.05, 4.69) is 16.5 Å². The lowest BCUT2D eigenvalue weighted by molar-refractivity contribution is -0.125. The van der Waals surface area contributed by atoms with Gasteiger partial charge in [-0.1, -0.05) is 17.3 Å². The van der Waals surface area contributed by atoms with Gasteiger partial charge >= 0.3 is 0 Å². The van der Waals surface area contributed by atoms with Crippen molar-refractivity contribution in [2.45, 2.75) is 38.2 Å². The van der Waals surface area contributed by atoms with Crippen LogP contribution in [0.15, 0.2) is 29.4 Å². The van der Waals surface area contributed by atoms with Gasteiger partial charge in [0.05, 0.1) is 11.3 Å². The Bertz CT molecular complexity index is 942. The number of hydrogen-bond donors (Lipinski definition) is 2. The second-order valence-corrected chi connectivity index (χ2v) is 7.47. The highest BCUT2D eigenvalue weighted by atomic mass is 32.1. The second-order valence-electron chi connectivity index (χ2n) is 6.37. The summed E-state index contributed by atoms with van der Waals surface area (Å²) in [6, 6.07) is 9.06. The first-order valence-corrected chi connectivity index (χ1v) is 9.35. The summed E-state index contributed by atoms with van der Waals surface area (Å²) in [6.45, 7) is 0. The molecule has 2 aliphatic rings. The van der Waals surface area contributed by atoms with E-state index in [0.717, 1.165) is 31.2 Å². The fourth-order valence-corrected chi connectivity index (χ4v) is 4.60. The molecule has 2 aromatic rings. The Kier molecular flexibility index (Phi) is 4.35. The molecule has 0 spiro atoms. The van der Waals surface area contributed by atoms with E-state index in [1.807, 2.05) is 0 Å². The molecule has 6 nitrogen and oxygen atoms in total. The standard InChI is InChI=1S/C19H17N3O3S/c20-10-13-11-5-2-4-8-17(11)26-19(13)21-18(24)16-9-14(22-25-16)12-6-1-3-7-15(12)23/h1,3,6-7,16,23H,2,4-5,8-9H2,(H,21,24)/t16-/m1/s1. The molecule has 0 bridgehead atoms. The number of amides is 1. The van der Waals surface area contributed by atoms with Crippen LogP contribution in [0.25, 0.3) is 0 Å². The van der Waals surface area contributed by atoms with Crippen molar-refractivity contribution < 1.29 is 14.7 Å². The summed E-state index contributed by atoms with van der Waals surface area (Å²) in [4.78, 5) is 19.0. The molecule has 26 heavy (non-hydrogen) atoms. The van der Waals surface area contributed by atoms with E-state index in [1.165, 1.54) is 16.2 Å². The lowest BCUT2D eigenvalue weighted by Gasteiger charge is -2.10. The van der Waals surface area contributed by atoms with Gasteiger partial charge in [-0.25, -0.2) is 0 Å². The summed E-state index contributed by atoms with van der Waals surface area (Å²) < 4.78 is 0. The molecule has 0 saturated carbocycles. The van der Waals surface area contributed by atoms with Crippen LogP contribution in [0.3, 0.4) is 0 Å². The average Bonchev–Trinajstić information content (AvgIpc) is 3.26. The number of carbonyl (C=O) groups excluding carboxylic acids is 1. The third-order valence-corrected chi connectivity index (χ3v) is 5.90. The summed E-state index contributed by atoms with van der Waals surface area (Å²) >= 11 is 1.49. The number of nitrogens with zero attached hydrogens (tertiary/aromatic N) is 2. The minimum Gasteiger partial charge on any atom is -0.507 e. The van der Waals surface area contributed by atoms with Crippen molar-refractivity contribution >= 4 is 28.0 Å². The Morgan fingerprint density at radius 1 is 1.35 bits per heavy atom. The Labute approximate surface area is 154 Å². The number of hydrogen-bond acceptors (Lipinski definition) is 6. The van der Waals surface area contributed by atoms with Crippen molar-refractivity contribution in [3.05, 3.63) is 45.8 Å². The van der Waals surface area contributed by atoms with Gasteiger partial charge in [0, 0.05) is 16.9 Å². The molecule has 1 amide bonds. The summed E-state index contributed by atoms with van der Waals surface area (Å²) in [6.07, 6.45) is 3.56. The molecule has 7 heteroatoms. The molecule has 0 radical (unpaired) electrons. The number of benzene rings is 1. The largest absolute Gasteiger partial charge is 0.507 e. The van der Waals surface area contributed by atoms with Crippen LogP contribution >= 0.6 is 11.3 Å². The van der Waals surface area contributed by atoms with E-state index in [9.17, 15) is 15.2 Å². The van der Waals surface area contributed by atoms with Crippen LogP contribution in [0, 0.1) is 11.3 Å². The Morgan fingerprint density at radius 3 is 2.96 bits per heavy atom. The highest BCUT2D eigenvalue weighted by Gasteiger charge is 2.31. The molecular weight excluding hydrogens is 350 g/mol. The maximum atomic E-state index is 12.6. The molecule has 2 N–H and O–H groups in total. The summed E-state index contributed by atoms with van der Waals surface area (Å²) in [5.74, 6) is -0.220. The van der Waals surface area contributed by atoms with Crippen LogP contribution in [0.5, 0.6) is 5.75 Å². The molecule has 0 fully saturated rings. The van der Waals surface area contributed by atoms with Gasteiger partial charge < -0.3 is 15.3 Å². The zero-order valence-corrected chi connectivity index (χ0v) is 14.8. The third-order valence-electron chi connectivity index (χ3n) is 4.70. The van der Waals surface area contributed by atoms with Crippen LogP contribution < -0.4 is 5.32 Å². The number of carbonyl (C=O) groups is 1. The van der Waals surface area contributed by atoms with Gasteiger partial charge in [0.25, 0.3) is 5.91 Å². The van der Waals surface area contributed by atoms with Crippen molar-refractivity contribution in [3.8, 4) is 11.8 Å². The van der Waals surface area contributed by atoms with E-state index in [4.69, 9.17) is 4.84 Å². The number of thiophene rings is 1. The molecule has 1 aliphatic carbocycles. The van der Waals surface area contributed by atoms with Crippen molar-refractivity contribution in [3.63, 3.8) is 0 Å². The molecule has 132 valence electrons. The van der Waals surface area contributed by atoms with E-state index in [-0.39, 0.29) is 18.1 Å². The molecule has 0 saturated heterocycles. The number of nitriles is 1. The van der Waals surface area contributed by atoms with Crippen LogP contribution in [-0.2, 0) is 22.5 Å². The number of para-hydroxylation sites is 1. The summed E-state index contributed by atoms with van der Waals surface area (Å²) in [5, 5.41) is 26.8. The van der Waals surface area contributed by atoms with Crippen molar-refractivity contribution in [1.29, 1.82) is 5.26 Å². The Hall–Kier alpha value is -2.85. The first-order valence-electron chi connectivity index (χ1n) is 8.54. The number of aryl methyl sites for hydroxylation is 1. The Balaban J connectivity index is 1.48. The van der Waals surface area contributed by atoms with Gasteiger partial charge in [0.15, 0.2) is 0 Å². The van der Waals surface area contributed by atoms with E-state index in [0.29, 0.717) is 21.8 Å². The van der Waals surface area contributed by atoms with E-state index in [1.54, 1.807) is 24.3 Å². The highest BCUT2D eigenvalue weighted by Crippen LogP contribution is 2.38. The quantitative estimate of drug-likeness (QED) is 0.870. The molecule has 1 aromatic heterocycles. The molecule has 1 aliphatic heterocycles. The van der Waals surface area contributed by atoms with Gasteiger partial charge in [-0.15, -0.1) is 11.3 Å². The second kappa shape index (κ2) is 6.81. The highest BCUT2D eigenvalue weighted by molar-refractivity contribution is 7.16. The predicted octanol–water partition coefficient (Wildman–Crippen LogP) is 3.34. The van der Waals surface area contributed by atoms with E-state index < -0.39 is 6.10 Å². The number of nitrogens with one attached hydrogen (secondary N) is 1. The van der Waals surface area contributed by atoms with Crippen LogP contribution in [-0.4, -0.2) is 22.8 Å². The molecule has 2 heterocycles. The smallest absolute Gasteiger partial charge is 0.269 e. The van der Waals surface area contributed by atoms with Crippen molar-refractivity contribution in [1.82, 2.24) is 0 Å². The van der Waals surface area contributed by atoms with Crippen LogP contribution in [0.1, 0.15) is 40.8 Å². The minimum atomic E-state index is -0.768. The van der Waals surface area contributed by atoms with Crippen LogP contribution in [0.4, 0.5) is 5.00 Å². The number of anilines is 1. The maximum Gasteiger partial charge on any atom is 0.269 e. The van der Waals surface area contributed by atoms with Gasteiger partial charge in [-0.2, -0.15) is 5.26 Å². The monoisotopic (exact) mass is 367 g/mol. The number of phenols is 1. The minimum absolute atomic E-state index is 0.105. The Morgan fingerprint density at radius 2 is 2.15 bits per heavy atom. The summed E-state index contributed by atoms with van der Waals surface area (Å²) in [7, 11) is 0. The SMILES string of the molecule is N#Cc1c(NC(=O)[C@H]2CC(c3ccccc3O)=NO2)sc2c1CCCC2. The molecule has 4 rings (SSSR count). The van der Waals surface area contributed by atoms with Gasteiger partial charge in [0.1, 0.15) is 16.8 Å². The first kappa shape index (κ1) is 16.6. The van der Waals surface area contributed by atoms with E-state index >= 15 is 0 Å². The molecular formula is C19H17N3O3S. The number of oxime groups is 1. The lowest BCUT2D eigenvalue weighted by atomic mass is 9.96. The topological polar surface area (TPSA) is 94.7 Å². The number of aromatic hydroxyl groups is 1. The zero-order valence-electron chi connectivity index (χ0n) is 14.0. The van der Waals surface area contributed by atoms with Gasteiger partial charge in [-0.05, 0) is 43.4 Å². The molecule has 1 aromatic carbocycles. The molecule has 1 atom stereocenters. The van der Waals surface area contributed by atoms with Crippen LogP contribution in [0.2, 0.25) is 0 Å². The van der Waals surface area contributed by atoms with Gasteiger partial charge in [0.2, 0.25) is 6.10 Å². The lowest BCUT2D eigenvalue weighted by Crippen LogP contribution is -2.28. The predicted molar refractivity (Wildman–Crippen MR) is 98.4 cm³/mol. The normalized spacial score (nSPS) is 18.4. The average molecular weight is 367 g/mol. The number of rotatable bonds is 3. The fraction of sp³-hybridized carbons (Fsp3) is 0.316. The first-order chi connectivity index (χ1) is 12.7. The maximum absolute atomic E-state index is 12.6. The number of fused-ring (bicyclic) bond motifs is 1. The zero-order chi connectivity index (χ0) is 18.1. The summed E-state index contributed by atoms with van der Waals surface area (Å²) in [5.41, 5.74) is 2.76. The van der Waals surface area contributed by atoms with Gasteiger partial charge in [-0.3, -0.25) is 4.79 Å². The van der Waals surface area contributed by atoms with Crippen molar-refractivity contribution in [2.24, 2.45) is 5.16 Å². The number of phenolic OH excluding ortho intramolecular Hbond substituents is 1. The molecule has 0 unspecified atom stereocenters.